The summed E-state index contributed by atoms with van der Waals surface area (Å²) >= 11 is 3.31. The summed E-state index contributed by atoms with van der Waals surface area (Å²) in [5.74, 6) is 0.556. The number of hydrogen-bond acceptors (Lipinski definition) is 5. The van der Waals surface area contributed by atoms with Crippen LogP contribution in [0, 0.1) is 6.92 Å². The SMILES string of the molecule is Cc1nonc1N=Cc1cc(Br)ccc1O. The molecule has 0 radical (unpaired) electrons. The van der Waals surface area contributed by atoms with E-state index < -0.39 is 0 Å². The van der Waals surface area contributed by atoms with Gasteiger partial charge in [0, 0.05) is 16.3 Å². The normalized spacial score (nSPS) is 11.1. The smallest absolute Gasteiger partial charge is 0.219 e. The van der Waals surface area contributed by atoms with Crippen LogP contribution in [0.4, 0.5) is 5.82 Å². The van der Waals surface area contributed by atoms with Crippen molar-refractivity contribution < 1.29 is 9.74 Å². The predicted molar refractivity (Wildman–Crippen MR) is 62.1 cm³/mol. The third-order valence-electron chi connectivity index (χ3n) is 1.94. The molecule has 0 atom stereocenters. The van der Waals surface area contributed by atoms with Crippen LogP contribution in [0.1, 0.15) is 11.3 Å². The second kappa shape index (κ2) is 4.44. The van der Waals surface area contributed by atoms with Crippen LogP contribution in [0.3, 0.4) is 0 Å². The highest BCUT2D eigenvalue weighted by Gasteiger charge is 2.03. The second-order valence-electron chi connectivity index (χ2n) is 3.13. The summed E-state index contributed by atoms with van der Waals surface area (Å²) in [6, 6.07) is 5.08. The number of nitrogens with zero attached hydrogens (tertiary/aromatic N) is 3. The number of hydrogen-bond donors (Lipinski definition) is 1. The van der Waals surface area contributed by atoms with Gasteiger partial charge in [0.25, 0.3) is 0 Å². The van der Waals surface area contributed by atoms with E-state index in [0.717, 1.165) is 4.47 Å². The van der Waals surface area contributed by atoms with Crippen LogP contribution < -0.4 is 0 Å². The molecule has 5 nitrogen and oxygen atoms in total. The zero-order chi connectivity index (χ0) is 11.5. The molecule has 16 heavy (non-hydrogen) atoms. The van der Waals surface area contributed by atoms with E-state index in [1.54, 1.807) is 25.1 Å². The highest BCUT2D eigenvalue weighted by molar-refractivity contribution is 9.10. The van der Waals surface area contributed by atoms with E-state index in [9.17, 15) is 5.11 Å². The van der Waals surface area contributed by atoms with Crippen molar-refractivity contribution in [2.24, 2.45) is 4.99 Å². The third kappa shape index (κ3) is 2.27. The molecule has 0 saturated heterocycles. The van der Waals surface area contributed by atoms with E-state index in [1.807, 2.05) is 0 Å². The fraction of sp³-hybridized carbons (Fsp3) is 0.100. The Morgan fingerprint density at radius 1 is 1.44 bits per heavy atom. The van der Waals surface area contributed by atoms with Crippen molar-refractivity contribution in [3.8, 4) is 5.75 Å². The van der Waals surface area contributed by atoms with E-state index in [0.29, 0.717) is 17.1 Å². The quantitative estimate of drug-likeness (QED) is 0.859. The standard InChI is InChI=1S/C10H8BrN3O2/c1-6-10(14-16-13-6)12-5-7-4-8(11)2-3-9(7)15/h2-5,15H,1H3. The zero-order valence-corrected chi connectivity index (χ0v) is 9.97. The number of aryl methyl sites for hydroxylation is 1. The Hall–Kier alpha value is -1.69. The van der Waals surface area contributed by atoms with Gasteiger partial charge in [0.1, 0.15) is 11.4 Å². The highest BCUT2D eigenvalue weighted by Crippen LogP contribution is 2.21. The van der Waals surface area contributed by atoms with Crippen molar-refractivity contribution in [2.75, 3.05) is 0 Å². The first-order chi connectivity index (χ1) is 7.66. The predicted octanol–water partition coefficient (Wildman–Crippen LogP) is 2.60. The molecule has 0 aliphatic heterocycles. The molecule has 0 bridgehead atoms. The number of halogens is 1. The third-order valence-corrected chi connectivity index (χ3v) is 2.44. The molecule has 0 amide bonds. The largest absolute Gasteiger partial charge is 0.507 e. The van der Waals surface area contributed by atoms with Gasteiger partial charge in [-0.2, -0.15) is 0 Å². The average molecular weight is 282 g/mol. The molecule has 0 aliphatic carbocycles. The number of benzene rings is 1. The molecule has 0 saturated carbocycles. The van der Waals surface area contributed by atoms with Crippen molar-refractivity contribution in [3.63, 3.8) is 0 Å². The number of phenols is 1. The summed E-state index contributed by atoms with van der Waals surface area (Å²) in [7, 11) is 0. The summed E-state index contributed by atoms with van der Waals surface area (Å²) in [6.07, 6.45) is 1.51. The molecule has 0 aliphatic rings. The van der Waals surface area contributed by atoms with Gasteiger partial charge in [-0.25, -0.2) is 9.62 Å². The molecule has 1 heterocycles. The Balaban J connectivity index is 2.30. The Morgan fingerprint density at radius 3 is 2.94 bits per heavy atom. The molecular formula is C10H8BrN3O2. The molecule has 1 aromatic heterocycles. The summed E-state index contributed by atoms with van der Waals surface area (Å²) in [6.45, 7) is 1.74. The van der Waals surface area contributed by atoms with Gasteiger partial charge < -0.3 is 5.11 Å². The number of aromatic nitrogens is 2. The van der Waals surface area contributed by atoms with E-state index in [4.69, 9.17) is 0 Å². The van der Waals surface area contributed by atoms with E-state index >= 15 is 0 Å². The molecular weight excluding hydrogens is 274 g/mol. The van der Waals surface area contributed by atoms with Crippen molar-refractivity contribution in [3.05, 3.63) is 33.9 Å². The van der Waals surface area contributed by atoms with Gasteiger partial charge in [0.05, 0.1) is 0 Å². The molecule has 82 valence electrons. The number of rotatable bonds is 2. The van der Waals surface area contributed by atoms with E-state index in [-0.39, 0.29) is 5.75 Å². The second-order valence-corrected chi connectivity index (χ2v) is 4.05. The van der Waals surface area contributed by atoms with Gasteiger partial charge >= 0.3 is 0 Å². The summed E-state index contributed by atoms with van der Waals surface area (Å²) in [5.41, 5.74) is 1.20. The molecule has 2 rings (SSSR count). The zero-order valence-electron chi connectivity index (χ0n) is 8.38. The van der Waals surface area contributed by atoms with Crippen LogP contribution in [0.25, 0.3) is 0 Å². The van der Waals surface area contributed by atoms with E-state index in [2.05, 4.69) is 35.9 Å². The van der Waals surface area contributed by atoms with Gasteiger partial charge in [-0.05, 0) is 30.3 Å². The maximum absolute atomic E-state index is 9.56. The minimum absolute atomic E-state index is 0.154. The van der Waals surface area contributed by atoms with Crippen molar-refractivity contribution in [1.29, 1.82) is 0 Å². The van der Waals surface area contributed by atoms with Crippen LogP contribution in [-0.4, -0.2) is 21.6 Å². The first kappa shape index (κ1) is 10.8. The molecule has 1 N–H and O–H groups in total. The molecule has 2 aromatic rings. The lowest BCUT2D eigenvalue weighted by molar-refractivity contribution is 0.306. The Bertz CT molecular complexity index is 537. The fourth-order valence-corrected chi connectivity index (χ4v) is 1.48. The summed E-state index contributed by atoms with van der Waals surface area (Å²) in [4.78, 5) is 4.06. The van der Waals surface area contributed by atoms with E-state index in [1.165, 1.54) is 6.21 Å². The van der Waals surface area contributed by atoms with Crippen molar-refractivity contribution in [2.45, 2.75) is 6.92 Å². The summed E-state index contributed by atoms with van der Waals surface area (Å²) < 4.78 is 5.36. The Morgan fingerprint density at radius 2 is 2.25 bits per heavy atom. The molecule has 0 unspecified atom stereocenters. The molecule has 6 heteroatoms. The molecule has 1 aromatic carbocycles. The maximum atomic E-state index is 9.56. The van der Waals surface area contributed by atoms with Crippen LogP contribution >= 0.6 is 15.9 Å². The van der Waals surface area contributed by atoms with Gasteiger partial charge in [-0.1, -0.05) is 21.1 Å². The lowest BCUT2D eigenvalue weighted by Crippen LogP contribution is -1.82. The van der Waals surface area contributed by atoms with Crippen LogP contribution in [0.2, 0.25) is 0 Å². The highest BCUT2D eigenvalue weighted by atomic mass is 79.9. The van der Waals surface area contributed by atoms with Gasteiger partial charge in [-0.3, -0.25) is 0 Å². The summed E-state index contributed by atoms with van der Waals surface area (Å²) in [5, 5.41) is 16.8. The topological polar surface area (TPSA) is 71.5 Å². The Labute approximate surface area is 99.9 Å². The molecule has 0 spiro atoms. The lowest BCUT2D eigenvalue weighted by Gasteiger charge is -1.98. The maximum Gasteiger partial charge on any atom is 0.219 e. The number of phenolic OH excluding ortho intramolecular Hbond substituents is 1. The van der Waals surface area contributed by atoms with Crippen molar-refractivity contribution in [1.82, 2.24) is 10.3 Å². The minimum atomic E-state index is 0.154. The van der Waals surface area contributed by atoms with Gasteiger partial charge in [0.15, 0.2) is 0 Å². The van der Waals surface area contributed by atoms with Gasteiger partial charge in [0.2, 0.25) is 5.82 Å². The Kier molecular flexibility index (Phi) is 3.00. The minimum Gasteiger partial charge on any atom is -0.507 e. The van der Waals surface area contributed by atoms with Crippen LogP contribution in [0.5, 0.6) is 5.75 Å². The monoisotopic (exact) mass is 281 g/mol. The van der Waals surface area contributed by atoms with Gasteiger partial charge in [-0.15, -0.1) is 0 Å². The first-order valence-electron chi connectivity index (χ1n) is 4.48. The number of aromatic hydroxyl groups is 1. The van der Waals surface area contributed by atoms with Crippen molar-refractivity contribution >= 4 is 28.0 Å². The van der Waals surface area contributed by atoms with Crippen LogP contribution in [-0.2, 0) is 0 Å². The van der Waals surface area contributed by atoms with Crippen LogP contribution in [0.15, 0.2) is 32.3 Å². The number of aliphatic imine (C=N–C) groups is 1. The molecule has 0 fully saturated rings. The first-order valence-corrected chi connectivity index (χ1v) is 5.28. The average Bonchev–Trinajstić information content (AvgIpc) is 2.66. The lowest BCUT2D eigenvalue weighted by atomic mass is 10.2. The fourth-order valence-electron chi connectivity index (χ4n) is 1.10.